The average Bonchev–Trinajstić information content (AvgIpc) is 2.91. The third kappa shape index (κ3) is 3.60. The molecule has 1 aromatic carbocycles. The average molecular weight is 259 g/mol. The lowest BCUT2D eigenvalue weighted by molar-refractivity contribution is -0.121. The quantitative estimate of drug-likeness (QED) is 0.883. The van der Waals surface area contributed by atoms with Crippen molar-refractivity contribution in [1.29, 1.82) is 0 Å². The normalized spacial score (nSPS) is 15.2. The number of carbonyl (C=O) groups excluding carboxylic acids is 1. The molecule has 0 aliphatic heterocycles. The molecule has 19 heavy (non-hydrogen) atoms. The lowest BCUT2D eigenvalue weighted by Crippen LogP contribution is -2.33. The van der Waals surface area contributed by atoms with Gasteiger partial charge in [0.1, 0.15) is 5.75 Å². The molecule has 0 heterocycles. The van der Waals surface area contributed by atoms with Crippen LogP contribution in [0.1, 0.15) is 36.8 Å². The van der Waals surface area contributed by atoms with E-state index in [1.165, 1.54) is 12.8 Å². The Bertz CT molecular complexity index is 462. The zero-order chi connectivity index (χ0) is 13.7. The van der Waals surface area contributed by atoms with E-state index in [0.717, 1.165) is 29.7 Å². The van der Waals surface area contributed by atoms with Crippen LogP contribution < -0.4 is 10.1 Å². The molecule has 1 aliphatic rings. The number of hydrogen-bond acceptors (Lipinski definition) is 2. The summed E-state index contributed by atoms with van der Waals surface area (Å²) in [6.45, 7) is 3.75. The van der Waals surface area contributed by atoms with Crippen molar-refractivity contribution >= 4 is 12.0 Å². The second-order valence-corrected chi connectivity index (χ2v) is 5.00. The molecule has 0 bridgehead atoms. The lowest BCUT2D eigenvalue weighted by Gasteiger charge is -2.13. The molecule has 0 saturated heterocycles. The Balaban J connectivity index is 2.03. The molecule has 2 rings (SSSR count). The van der Waals surface area contributed by atoms with Gasteiger partial charge >= 0.3 is 0 Å². The van der Waals surface area contributed by atoms with Crippen LogP contribution in [0.3, 0.4) is 0 Å². The van der Waals surface area contributed by atoms with Crippen molar-refractivity contribution in [2.75, 3.05) is 7.11 Å². The number of methoxy groups -OCH3 is 1. The van der Waals surface area contributed by atoms with Gasteiger partial charge in [0.25, 0.3) is 0 Å². The summed E-state index contributed by atoms with van der Waals surface area (Å²) in [5, 5.41) is 3.10. The second-order valence-electron chi connectivity index (χ2n) is 5.00. The van der Waals surface area contributed by atoms with Crippen molar-refractivity contribution in [2.24, 2.45) is 0 Å². The minimum absolute atomic E-state index is 0.0754. The van der Waals surface area contributed by atoms with Gasteiger partial charge < -0.3 is 10.1 Å². The molecular formula is C16H21NO2. The standard InChI is InChI=1S/C16H21NO2/c1-3-12-8-9-15(19-2)13(10-12)11-16(18)17-14-6-4-5-7-14/h3,8-10,14H,1,4-7,11H2,2H3,(H,17,18). The van der Waals surface area contributed by atoms with Crippen molar-refractivity contribution in [3.05, 3.63) is 35.9 Å². The first kappa shape index (κ1) is 13.7. The van der Waals surface area contributed by atoms with Gasteiger partial charge in [-0.25, -0.2) is 0 Å². The summed E-state index contributed by atoms with van der Waals surface area (Å²) >= 11 is 0. The molecule has 0 aromatic heterocycles. The highest BCUT2D eigenvalue weighted by molar-refractivity contribution is 5.80. The number of rotatable bonds is 5. The fourth-order valence-corrected chi connectivity index (χ4v) is 2.59. The summed E-state index contributed by atoms with van der Waals surface area (Å²) < 4.78 is 5.30. The van der Waals surface area contributed by atoms with Gasteiger partial charge in [-0.3, -0.25) is 4.79 Å². The number of carbonyl (C=O) groups is 1. The van der Waals surface area contributed by atoms with Crippen LogP contribution in [0.2, 0.25) is 0 Å². The lowest BCUT2D eigenvalue weighted by atomic mass is 10.1. The molecule has 3 nitrogen and oxygen atoms in total. The van der Waals surface area contributed by atoms with Crippen LogP contribution in [0.5, 0.6) is 5.75 Å². The van der Waals surface area contributed by atoms with E-state index in [4.69, 9.17) is 4.74 Å². The van der Waals surface area contributed by atoms with Crippen LogP contribution in [0.15, 0.2) is 24.8 Å². The third-order valence-corrected chi connectivity index (χ3v) is 3.61. The Labute approximate surface area is 114 Å². The summed E-state index contributed by atoms with van der Waals surface area (Å²) in [6, 6.07) is 6.14. The highest BCUT2D eigenvalue weighted by Gasteiger charge is 2.18. The number of ether oxygens (including phenoxy) is 1. The topological polar surface area (TPSA) is 38.3 Å². The number of amides is 1. The Hall–Kier alpha value is -1.77. The highest BCUT2D eigenvalue weighted by Crippen LogP contribution is 2.22. The molecule has 0 radical (unpaired) electrons. The molecule has 1 saturated carbocycles. The summed E-state index contributed by atoms with van der Waals surface area (Å²) in [5.74, 6) is 0.832. The fourth-order valence-electron chi connectivity index (χ4n) is 2.59. The van der Waals surface area contributed by atoms with E-state index in [-0.39, 0.29) is 5.91 Å². The van der Waals surface area contributed by atoms with E-state index >= 15 is 0 Å². The highest BCUT2D eigenvalue weighted by atomic mass is 16.5. The van der Waals surface area contributed by atoms with Crippen molar-refractivity contribution < 1.29 is 9.53 Å². The molecule has 1 fully saturated rings. The number of benzene rings is 1. The first-order valence-corrected chi connectivity index (χ1v) is 6.81. The Morgan fingerprint density at radius 2 is 2.21 bits per heavy atom. The monoisotopic (exact) mass is 259 g/mol. The predicted molar refractivity (Wildman–Crippen MR) is 77.2 cm³/mol. The van der Waals surface area contributed by atoms with E-state index in [2.05, 4.69) is 11.9 Å². The van der Waals surface area contributed by atoms with Crippen LogP contribution in [0.4, 0.5) is 0 Å². The molecule has 1 amide bonds. The number of nitrogens with one attached hydrogen (secondary N) is 1. The molecule has 0 atom stereocenters. The van der Waals surface area contributed by atoms with Crippen LogP contribution in [-0.4, -0.2) is 19.1 Å². The van der Waals surface area contributed by atoms with Gasteiger partial charge in [0.15, 0.2) is 0 Å². The molecule has 1 aromatic rings. The van der Waals surface area contributed by atoms with Gasteiger partial charge in [-0.15, -0.1) is 0 Å². The van der Waals surface area contributed by atoms with Crippen LogP contribution in [0.25, 0.3) is 6.08 Å². The summed E-state index contributed by atoms with van der Waals surface area (Å²) in [5.41, 5.74) is 1.92. The molecule has 1 N–H and O–H groups in total. The maximum Gasteiger partial charge on any atom is 0.224 e. The minimum atomic E-state index is 0.0754. The van der Waals surface area contributed by atoms with Crippen LogP contribution >= 0.6 is 0 Å². The van der Waals surface area contributed by atoms with Gasteiger partial charge in [0.05, 0.1) is 13.5 Å². The summed E-state index contributed by atoms with van der Waals surface area (Å²) in [4.78, 5) is 12.0. The van der Waals surface area contributed by atoms with Crippen molar-refractivity contribution in [1.82, 2.24) is 5.32 Å². The zero-order valence-corrected chi connectivity index (χ0v) is 11.4. The first-order valence-electron chi connectivity index (χ1n) is 6.81. The van der Waals surface area contributed by atoms with Crippen molar-refractivity contribution in [3.63, 3.8) is 0 Å². The molecule has 102 valence electrons. The minimum Gasteiger partial charge on any atom is -0.496 e. The van der Waals surface area contributed by atoms with Gasteiger partial charge in [0, 0.05) is 11.6 Å². The number of hydrogen-bond donors (Lipinski definition) is 1. The Kier molecular flexibility index (Phi) is 4.61. The first-order chi connectivity index (χ1) is 9.22. The Morgan fingerprint density at radius 1 is 1.47 bits per heavy atom. The molecule has 0 spiro atoms. The van der Waals surface area contributed by atoms with Crippen molar-refractivity contribution in [2.45, 2.75) is 38.1 Å². The molecule has 0 unspecified atom stereocenters. The van der Waals surface area contributed by atoms with E-state index in [9.17, 15) is 4.79 Å². The third-order valence-electron chi connectivity index (χ3n) is 3.61. The predicted octanol–water partition coefficient (Wildman–Crippen LogP) is 2.94. The molecular weight excluding hydrogens is 238 g/mol. The smallest absolute Gasteiger partial charge is 0.224 e. The SMILES string of the molecule is C=Cc1ccc(OC)c(CC(=O)NC2CCCC2)c1. The maximum atomic E-state index is 12.0. The summed E-state index contributed by atoms with van der Waals surface area (Å²) in [7, 11) is 1.63. The largest absolute Gasteiger partial charge is 0.496 e. The van der Waals surface area contributed by atoms with E-state index in [0.29, 0.717) is 12.5 Å². The van der Waals surface area contributed by atoms with E-state index in [1.807, 2.05) is 18.2 Å². The molecule has 3 heteroatoms. The van der Waals surface area contributed by atoms with Crippen molar-refractivity contribution in [3.8, 4) is 5.75 Å². The van der Waals surface area contributed by atoms with E-state index < -0.39 is 0 Å². The maximum absolute atomic E-state index is 12.0. The zero-order valence-electron chi connectivity index (χ0n) is 11.4. The molecule has 1 aliphatic carbocycles. The second kappa shape index (κ2) is 6.41. The van der Waals surface area contributed by atoms with Gasteiger partial charge in [0.2, 0.25) is 5.91 Å². The van der Waals surface area contributed by atoms with Gasteiger partial charge in [-0.05, 0) is 30.5 Å². The van der Waals surface area contributed by atoms with Gasteiger partial charge in [-0.2, -0.15) is 0 Å². The van der Waals surface area contributed by atoms with Crippen LogP contribution in [-0.2, 0) is 11.2 Å². The summed E-state index contributed by atoms with van der Waals surface area (Å²) in [6.07, 6.45) is 6.80. The van der Waals surface area contributed by atoms with E-state index in [1.54, 1.807) is 13.2 Å². The van der Waals surface area contributed by atoms with Gasteiger partial charge in [-0.1, -0.05) is 31.6 Å². The van der Waals surface area contributed by atoms with Crippen LogP contribution in [0, 0.1) is 0 Å². The fraction of sp³-hybridized carbons (Fsp3) is 0.438. The Morgan fingerprint density at radius 3 is 2.84 bits per heavy atom.